The van der Waals surface area contributed by atoms with Gasteiger partial charge in [0.2, 0.25) is 0 Å². The van der Waals surface area contributed by atoms with E-state index in [2.05, 4.69) is 42.3 Å². The van der Waals surface area contributed by atoms with Crippen molar-refractivity contribution in [3.05, 3.63) is 0 Å². The molecule has 17 heavy (non-hydrogen) atoms. The smallest absolute Gasteiger partial charge is 0.192 e. The van der Waals surface area contributed by atoms with Crippen LogP contribution in [0.4, 0.5) is 0 Å². The molecule has 0 heterocycles. The van der Waals surface area contributed by atoms with Gasteiger partial charge in [-0.3, -0.25) is 0 Å². The molecule has 0 radical (unpaired) electrons. The average molecular weight is 237 g/mol. The number of aliphatic imine (C=N–C) groups is 1. The summed E-state index contributed by atoms with van der Waals surface area (Å²) in [7, 11) is 0. The molecule has 3 nitrogen and oxygen atoms in total. The quantitative estimate of drug-likeness (QED) is 0.294. The van der Waals surface area contributed by atoms with Crippen molar-refractivity contribution in [1.82, 2.24) is 10.6 Å². The van der Waals surface area contributed by atoms with Crippen molar-refractivity contribution in [2.24, 2.45) is 4.99 Å². The Labute approximate surface area is 106 Å². The number of rotatable bonds is 8. The molecule has 0 aromatic rings. The van der Waals surface area contributed by atoms with Gasteiger partial charge < -0.3 is 10.6 Å². The fourth-order valence-electron chi connectivity index (χ4n) is 1.63. The Kier molecular flexibility index (Phi) is 10.5. The predicted molar refractivity (Wildman–Crippen MR) is 76.2 cm³/mol. The Morgan fingerprint density at radius 1 is 1.29 bits per heavy atom. The molecule has 0 fully saturated rings. The van der Waals surface area contributed by atoms with Crippen LogP contribution in [0.5, 0.6) is 0 Å². The SMILES string of the molecule is C#CCN=C(NCC)NC(C)CCCCCC. The van der Waals surface area contributed by atoms with Crippen LogP contribution in [0.2, 0.25) is 0 Å². The standard InChI is InChI=1S/C14H27N3/c1-5-8-9-10-11-13(4)17-14(15-7-3)16-12-6-2/h2,13H,5,7-12H2,1,3-4H3,(H2,15,16,17). The number of terminal acetylenes is 1. The zero-order valence-corrected chi connectivity index (χ0v) is 11.6. The van der Waals surface area contributed by atoms with Crippen molar-refractivity contribution < 1.29 is 0 Å². The molecule has 0 aromatic heterocycles. The van der Waals surface area contributed by atoms with Crippen molar-refractivity contribution in [2.75, 3.05) is 13.1 Å². The summed E-state index contributed by atoms with van der Waals surface area (Å²) in [5.74, 6) is 3.35. The highest BCUT2D eigenvalue weighted by molar-refractivity contribution is 5.80. The Hall–Kier alpha value is -1.17. The summed E-state index contributed by atoms with van der Waals surface area (Å²) in [6, 6.07) is 0.447. The molecule has 0 aliphatic carbocycles. The van der Waals surface area contributed by atoms with Gasteiger partial charge in [0.25, 0.3) is 0 Å². The van der Waals surface area contributed by atoms with Crippen molar-refractivity contribution in [3.63, 3.8) is 0 Å². The predicted octanol–water partition coefficient (Wildman–Crippen LogP) is 2.53. The molecule has 3 heteroatoms. The summed E-state index contributed by atoms with van der Waals surface area (Å²) in [5.41, 5.74) is 0. The molecule has 0 amide bonds. The zero-order chi connectivity index (χ0) is 12.9. The highest BCUT2D eigenvalue weighted by Crippen LogP contribution is 2.04. The van der Waals surface area contributed by atoms with Crippen LogP contribution in [0.25, 0.3) is 0 Å². The molecule has 0 aliphatic rings. The van der Waals surface area contributed by atoms with Gasteiger partial charge in [-0.15, -0.1) is 6.42 Å². The van der Waals surface area contributed by atoms with E-state index in [9.17, 15) is 0 Å². The molecule has 0 bridgehead atoms. The lowest BCUT2D eigenvalue weighted by atomic mass is 10.1. The second kappa shape index (κ2) is 11.3. The first kappa shape index (κ1) is 15.8. The number of unbranched alkanes of at least 4 members (excludes halogenated alkanes) is 3. The van der Waals surface area contributed by atoms with Gasteiger partial charge in [-0.1, -0.05) is 38.5 Å². The lowest BCUT2D eigenvalue weighted by molar-refractivity contribution is 0.537. The van der Waals surface area contributed by atoms with Crippen LogP contribution in [-0.4, -0.2) is 25.1 Å². The molecule has 1 atom stereocenters. The van der Waals surface area contributed by atoms with Gasteiger partial charge in [0.15, 0.2) is 5.96 Å². The first-order chi connectivity index (χ1) is 8.24. The van der Waals surface area contributed by atoms with E-state index >= 15 is 0 Å². The molecule has 0 rings (SSSR count). The van der Waals surface area contributed by atoms with E-state index in [0.29, 0.717) is 12.6 Å². The summed E-state index contributed by atoms with van der Waals surface area (Å²) >= 11 is 0. The molecule has 0 saturated carbocycles. The largest absolute Gasteiger partial charge is 0.357 e. The van der Waals surface area contributed by atoms with Crippen LogP contribution in [0.15, 0.2) is 4.99 Å². The summed E-state index contributed by atoms with van der Waals surface area (Å²) in [5, 5.41) is 6.57. The lowest BCUT2D eigenvalue weighted by Gasteiger charge is -2.17. The molecule has 98 valence electrons. The van der Waals surface area contributed by atoms with Gasteiger partial charge in [0.05, 0.1) is 0 Å². The topological polar surface area (TPSA) is 36.4 Å². The normalized spacial score (nSPS) is 12.9. The van der Waals surface area contributed by atoms with E-state index in [4.69, 9.17) is 6.42 Å². The van der Waals surface area contributed by atoms with E-state index in [1.807, 2.05) is 0 Å². The second-order valence-corrected chi connectivity index (χ2v) is 4.29. The van der Waals surface area contributed by atoms with E-state index < -0.39 is 0 Å². The summed E-state index contributed by atoms with van der Waals surface area (Å²) in [6.45, 7) is 7.77. The fourth-order valence-corrected chi connectivity index (χ4v) is 1.63. The van der Waals surface area contributed by atoms with Gasteiger partial charge in [-0.2, -0.15) is 0 Å². The monoisotopic (exact) mass is 237 g/mol. The fraction of sp³-hybridized carbons (Fsp3) is 0.786. The summed E-state index contributed by atoms with van der Waals surface area (Å²) < 4.78 is 0. The number of hydrogen-bond acceptors (Lipinski definition) is 1. The number of nitrogens with zero attached hydrogens (tertiary/aromatic N) is 1. The maximum Gasteiger partial charge on any atom is 0.192 e. The maximum atomic E-state index is 5.20. The third-order valence-corrected chi connectivity index (χ3v) is 2.55. The van der Waals surface area contributed by atoms with E-state index in [1.54, 1.807) is 0 Å². The molecule has 1 unspecified atom stereocenters. The Morgan fingerprint density at radius 3 is 2.65 bits per heavy atom. The molecule has 0 aliphatic heterocycles. The molecular weight excluding hydrogens is 210 g/mol. The zero-order valence-electron chi connectivity index (χ0n) is 11.6. The molecular formula is C14H27N3. The van der Waals surface area contributed by atoms with E-state index in [0.717, 1.165) is 12.5 Å². The third kappa shape index (κ3) is 9.74. The van der Waals surface area contributed by atoms with Crippen LogP contribution < -0.4 is 10.6 Å². The minimum atomic E-state index is 0.428. The molecule has 2 N–H and O–H groups in total. The van der Waals surface area contributed by atoms with E-state index in [1.165, 1.54) is 32.1 Å². The Morgan fingerprint density at radius 2 is 2.06 bits per heavy atom. The maximum absolute atomic E-state index is 5.20. The van der Waals surface area contributed by atoms with Crippen LogP contribution in [0.1, 0.15) is 52.9 Å². The minimum Gasteiger partial charge on any atom is -0.357 e. The highest BCUT2D eigenvalue weighted by Gasteiger charge is 2.04. The van der Waals surface area contributed by atoms with Gasteiger partial charge in [0.1, 0.15) is 6.54 Å². The molecule has 0 spiro atoms. The first-order valence-corrected chi connectivity index (χ1v) is 6.72. The van der Waals surface area contributed by atoms with Crippen LogP contribution in [0.3, 0.4) is 0 Å². The van der Waals surface area contributed by atoms with Gasteiger partial charge in [0, 0.05) is 12.6 Å². The van der Waals surface area contributed by atoms with Crippen molar-refractivity contribution in [2.45, 2.75) is 58.9 Å². The summed E-state index contributed by atoms with van der Waals surface area (Å²) in [4.78, 5) is 4.27. The second-order valence-electron chi connectivity index (χ2n) is 4.29. The molecule has 0 saturated heterocycles. The van der Waals surface area contributed by atoms with Crippen molar-refractivity contribution >= 4 is 5.96 Å². The highest BCUT2D eigenvalue weighted by atomic mass is 15.2. The molecule has 0 aromatic carbocycles. The van der Waals surface area contributed by atoms with Gasteiger partial charge in [-0.25, -0.2) is 4.99 Å². The number of nitrogens with one attached hydrogen (secondary N) is 2. The van der Waals surface area contributed by atoms with Crippen LogP contribution in [-0.2, 0) is 0 Å². The average Bonchev–Trinajstić information content (AvgIpc) is 2.32. The summed E-state index contributed by atoms with van der Waals surface area (Å²) in [6.07, 6.45) is 11.6. The number of guanidine groups is 1. The van der Waals surface area contributed by atoms with Crippen molar-refractivity contribution in [1.29, 1.82) is 0 Å². The van der Waals surface area contributed by atoms with Gasteiger partial charge >= 0.3 is 0 Å². The Balaban J connectivity index is 3.87. The number of hydrogen-bond donors (Lipinski definition) is 2. The Bertz CT molecular complexity index is 240. The third-order valence-electron chi connectivity index (χ3n) is 2.55. The van der Waals surface area contributed by atoms with Gasteiger partial charge in [-0.05, 0) is 20.3 Å². The minimum absolute atomic E-state index is 0.428. The lowest BCUT2D eigenvalue weighted by Crippen LogP contribution is -2.42. The first-order valence-electron chi connectivity index (χ1n) is 6.72. The van der Waals surface area contributed by atoms with Crippen LogP contribution >= 0.6 is 0 Å². The van der Waals surface area contributed by atoms with E-state index in [-0.39, 0.29) is 0 Å². The van der Waals surface area contributed by atoms with Crippen LogP contribution in [0, 0.1) is 12.3 Å². The van der Waals surface area contributed by atoms with Crippen molar-refractivity contribution in [3.8, 4) is 12.3 Å².